The van der Waals surface area contributed by atoms with Gasteiger partial charge in [0.1, 0.15) is 11.5 Å². The average molecular weight is 592 g/mol. The number of hydrogen-bond acceptors (Lipinski definition) is 5. The van der Waals surface area contributed by atoms with Gasteiger partial charge in [-0.05, 0) is 18.2 Å². The smallest absolute Gasteiger partial charge is 0.422 e. The van der Waals surface area contributed by atoms with Crippen LogP contribution in [0.25, 0.3) is 28.2 Å². The van der Waals surface area contributed by atoms with Crippen molar-refractivity contribution in [2.75, 3.05) is 0 Å². The molecule has 3 aliphatic heterocycles. The van der Waals surface area contributed by atoms with Crippen LogP contribution >= 0.6 is 7.81 Å². The number of hydrogen-bond donors (Lipinski definition) is 0. The molecule has 3 aliphatic carbocycles. The van der Waals surface area contributed by atoms with Crippen molar-refractivity contribution in [3.05, 3.63) is 134 Å². The van der Waals surface area contributed by atoms with Crippen LogP contribution in [0.5, 0.6) is 0 Å². The van der Waals surface area contributed by atoms with Crippen molar-refractivity contribution < 1.29 is 43.2 Å². The molecule has 0 bridgehead atoms. The predicted octanol–water partition coefficient (Wildman–Crippen LogP) is 7.68. The van der Waals surface area contributed by atoms with Crippen LogP contribution in [-0.4, -0.2) is 11.8 Å². The van der Waals surface area contributed by atoms with Crippen LogP contribution in [0.3, 0.4) is 0 Å². The van der Waals surface area contributed by atoms with Gasteiger partial charge in [-0.2, -0.15) is 0 Å². The molecule has 0 radical (unpaired) electrons. The summed E-state index contributed by atoms with van der Waals surface area (Å²) in [6.45, 7) is 0. The monoisotopic (exact) mass is 592 g/mol. The predicted molar refractivity (Wildman–Crippen MR) is 139 cm³/mol. The van der Waals surface area contributed by atoms with Gasteiger partial charge in [-0.1, -0.05) is 66.8 Å². The van der Waals surface area contributed by atoms with Gasteiger partial charge >= 0.3 is 50.2 Å². The summed E-state index contributed by atoms with van der Waals surface area (Å²) >= 11 is 0. The van der Waals surface area contributed by atoms with Crippen molar-refractivity contribution >= 4 is 25.1 Å². The maximum absolute atomic E-state index is 13.2. The summed E-state index contributed by atoms with van der Waals surface area (Å²) in [6, 6.07) is 17.4. The van der Waals surface area contributed by atoms with Gasteiger partial charge in [0.2, 0.25) is 0 Å². The quantitative estimate of drug-likeness (QED) is 0.103. The molecule has 0 fully saturated rings. The van der Waals surface area contributed by atoms with Gasteiger partial charge in [0.25, 0.3) is 5.78 Å². The molecule has 0 aromatic carbocycles. The van der Waals surface area contributed by atoms with E-state index in [1.807, 2.05) is 0 Å². The largest absolute Gasteiger partial charge is 0.615 e. The van der Waals surface area contributed by atoms with E-state index in [1.54, 1.807) is 91.0 Å². The van der Waals surface area contributed by atoms with Crippen molar-refractivity contribution in [1.82, 2.24) is 0 Å². The van der Waals surface area contributed by atoms with E-state index in [9.17, 15) is 39.6 Å². The fourth-order valence-corrected chi connectivity index (χ4v) is 4.35. The topological polar surface area (TPSA) is 88.8 Å². The van der Waals surface area contributed by atoms with Gasteiger partial charge in [0.05, 0.1) is 21.5 Å². The number of fused-ring (bicyclic) bond motifs is 3. The van der Waals surface area contributed by atoms with E-state index < -0.39 is 25.0 Å². The molecule has 0 unspecified atom stereocenters. The summed E-state index contributed by atoms with van der Waals surface area (Å²) in [6.07, 6.45) is 8.68. The van der Waals surface area contributed by atoms with Crippen LogP contribution in [0.15, 0.2) is 121 Å². The number of carbonyl (C=O) groups is 1. The van der Waals surface area contributed by atoms with Crippen molar-refractivity contribution in [2.45, 2.75) is 0 Å². The average Bonchev–Trinajstić information content (AvgIpc) is 3.17. The first-order chi connectivity index (χ1) is 19.1. The zero-order valence-electron chi connectivity index (χ0n) is 20.3. The molecule has 6 rings (SSSR count). The third kappa shape index (κ3) is 6.17. The number of ketones is 1. The van der Waals surface area contributed by atoms with Crippen LogP contribution in [0, 0.1) is 0 Å². The SMILES string of the molecule is F[P-](F)(F)(F)(F)F.O=C1[O+]=C2C=CC=CC=C2C1=C(c1c2cccccc-2oc1=O)c1c2cccccc-2oc1=O. The zero-order valence-corrected chi connectivity index (χ0v) is 21.2. The molecule has 0 atom stereocenters. The van der Waals surface area contributed by atoms with E-state index in [0.29, 0.717) is 34.0 Å². The first kappa shape index (κ1) is 27.7. The zero-order chi connectivity index (χ0) is 29.6. The molecule has 0 aromatic rings. The molecule has 6 nitrogen and oxygen atoms in total. The minimum Gasteiger partial charge on any atom is -0.422 e. The van der Waals surface area contributed by atoms with Crippen LogP contribution in [0.2, 0.25) is 0 Å². The number of halogens is 6. The van der Waals surface area contributed by atoms with E-state index in [-0.39, 0.29) is 22.3 Å². The molecule has 3 heterocycles. The van der Waals surface area contributed by atoms with Crippen molar-refractivity contribution in [1.29, 1.82) is 0 Å². The number of allylic oxidation sites excluding steroid dienone is 5. The van der Waals surface area contributed by atoms with Gasteiger partial charge in [0, 0.05) is 22.8 Å². The van der Waals surface area contributed by atoms with Gasteiger partial charge in [-0.3, -0.25) is 4.42 Å². The molecule has 0 saturated heterocycles. The minimum atomic E-state index is -10.7. The second-order valence-corrected chi connectivity index (χ2v) is 10.6. The van der Waals surface area contributed by atoms with Crippen LogP contribution in [0.4, 0.5) is 25.2 Å². The maximum atomic E-state index is 13.2. The second kappa shape index (κ2) is 9.10. The fraction of sp³-hybridized carbons (Fsp3) is 0. The van der Waals surface area contributed by atoms with Crippen molar-refractivity contribution in [3.63, 3.8) is 0 Å². The van der Waals surface area contributed by atoms with Crippen molar-refractivity contribution in [2.24, 2.45) is 0 Å². The summed E-state index contributed by atoms with van der Waals surface area (Å²) in [7, 11) is -10.7. The van der Waals surface area contributed by atoms with Gasteiger partial charge in [-0.25, -0.2) is 9.59 Å². The second-order valence-electron chi connectivity index (χ2n) is 8.69. The Bertz CT molecular complexity index is 1840. The maximum Gasteiger partial charge on any atom is 0.615 e. The molecule has 0 amide bonds. The summed E-state index contributed by atoms with van der Waals surface area (Å²) in [5, 5.41) is 0. The number of furan rings is 2. The molecule has 13 heteroatoms. The molecule has 0 saturated carbocycles. The Morgan fingerprint density at radius 2 is 1.15 bits per heavy atom. The molecular formula is C28H15F6O6P. The fourth-order valence-electron chi connectivity index (χ4n) is 4.35. The normalized spacial score (nSPS) is 16.2. The Hall–Kier alpha value is -4.83. The Kier molecular flexibility index (Phi) is 6.15. The molecule has 6 aliphatic rings. The standard InChI is InChI=1S/C28H15O6.F6P/c29-26-22(16-10-4-1-7-13-19(16)32-26)25(23-17-11-5-2-8-14-20(17)33-27(23)30)24-18-12-6-3-9-15-21(18)34-28(24)31;1-7(2,3,4,5)6/h1-15H;/q+1;-1. The molecule has 0 N–H and O–H groups in total. The van der Waals surface area contributed by atoms with Crippen LogP contribution in [-0.2, 0) is 9.22 Å². The minimum absolute atomic E-state index is 0.101. The molecule has 0 aromatic heterocycles. The molecule has 0 spiro atoms. The summed E-state index contributed by atoms with van der Waals surface area (Å²) < 4.78 is 75.8. The molecule has 210 valence electrons. The molecule has 41 heavy (non-hydrogen) atoms. The number of rotatable bonds is 2. The van der Waals surface area contributed by atoms with Gasteiger partial charge < -0.3 is 8.83 Å². The summed E-state index contributed by atoms with van der Waals surface area (Å²) in [5.41, 5.74) is 0.490. The Morgan fingerprint density at radius 1 is 0.659 bits per heavy atom. The van der Waals surface area contributed by atoms with E-state index in [0.717, 1.165) is 0 Å². The van der Waals surface area contributed by atoms with E-state index in [2.05, 4.69) is 0 Å². The van der Waals surface area contributed by atoms with E-state index >= 15 is 0 Å². The first-order valence-electron chi connectivity index (χ1n) is 11.6. The Labute approximate surface area is 225 Å². The van der Waals surface area contributed by atoms with Gasteiger partial charge in [0.15, 0.2) is 5.57 Å². The summed E-state index contributed by atoms with van der Waals surface area (Å²) in [4.78, 5) is 39.7. The Balaban J connectivity index is 0.000000431. The van der Waals surface area contributed by atoms with E-state index in [4.69, 9.17) is 13.3 Å². The third-order valence-electron chi connectivity index (χ3n) is 5.77. The van der Waals surface area contributed by atoms with Crippen molar-refractivity contribution in [3.8, 4) is 22.6 Å². The Morgan fingerprint density at radius 3 is 1.66 bits per heavy atom. The third-order valence-corrected chi connectivity index (χ3v) is 5.77. The van der Waals surface area contributed by atoms with E-state index in [1.165, 1.54) is 0 Å². The summed E-state index contributed by atoms with van der Waals surface area (Å²) in [5.74, 6) is 0.330. The van der Waals surface area contributed by atoms with Crippen LogP contribution < -0.4 is 11.3 Å². The molecular weight excluding hydrogens is 577 g/mol. The van der Waals surface area contributed by atoms with Gasteiger partial charge in [-0.15, -0.1) is 0 Å². The van der Waals surface area contributed by atoms with Crippen LogP contribution in [0.1, 0.15) is 11.1 Å². The first-order valence-corrected chi connectivity index (χ1v) is 13.6. The number of carbonyl (C=O) groups excluding carboxylic acids is 2.